The summed E-state index contributed by atoms with van der Waals surface area (Å²) in [6, 6.07) is 16.7. The average molecular weight is 551 g/mol. The highest BCUT2D eigenvalue weighted by molar-refractivity contribution is 9.10. The number of hydrogen-bond donors (Lipinski definition) is 3. The van der Waals surface area contributed by atoms with E-state index in [1.54, 1.807) is 29.1 Å². The van der Waals surface area contributed by atoms with Gasteiger partial charge in [-0.25, -0.2) is 4.68 Å². The van der Waals surface area contributed by atoms with Gasteiger partial charge < -0.3 is 25.2 Å². The zero-order valence-corrected chi connectivity index (χ0v) is 21.1. The van der Waals surface area contributed by atoms with Crippen LogP contribution >= 0.6 is 15.9 Å². The molecule has 9 nitrogen and oxygen atoms in total. The van der Waals surface area contributed by atoms with Gasteiger partial charge in [0.25, 0.3) is 11.8 Å². The van der Waals surface area contributed by atoms with Gasteiger partial charge >= 0.3 is 0 Å². The van der Waals surface area contributed by atoms with E-state index in [0.717, 1.165) is 15.7 Å². The van der Waals surface area contributed by atoms with Crippen molar-refractivity contribution < 1.29 is 24.2 Å². The topological polar surface area (TPSA) is 115 Å². The second-order valence-electron chi connectivity index (χ2n) is 7.74. The Bertz CT molecular complexity index is 1380. The molecule has 0 radical (unpaired) electrons. The highest BCUT2D eigenvalue weighted by Gasteiger charge is 2.15. The molecule has 10 heteroatoms. The van der Waals surface area contributed by atoms with Crippen LogP contribution in [0.15, 0.2) is 77.5 Å². The predicted octanol–water partition coefficient (Wildman–Crippen LogP) is 4.54. The molecule has 0 aliphatic rings. The van der Waals surface area contributed by atoms with Gasteiger partial charge in [-0.1, -0.05) is 15.9 Å². The first-order valence-electron chi connectivity index (χ1n) is 10.8. The fraction of sp³-hybridized carbons (Fsp3) is 0.115. The van der Waals surface area contributed by atoms with E-state index in [1.807, 2.05) is 30.5 Å². The Balaban J connectivity index is 1.43. The molecule has 3 N–H and O–H groups in total. The fourth-order valence-electron chi connectivity index (χ4n) is 3.40. The van der Waals surface area contributed by atoms with Gasteiger partial charge in [0.05, 0.1) is 31.7 Å². The lowest BCUT2D eigenvalue weighted by Crippen LogP contribution is -2.23. The number of nitrogens with one attached hydrogen (secondary N) is 2. The van der Waals surface area contributed by atoms with E-state index in [9.17, 15) is 14.7 Å². The predicted molar refractivity (Wildman–Crippen MR) is 138 cm³/mol. The Morgan fingerprint density at radius 2 is 1.67 bits per heavy atom. The molecule has 0 aliphatic heterocycles. The molecule has 0 spiro atoms. The molecular formula is C26H23BrN4O5. The number of methoxy groups -OCH3 is 2. The number of halogens is 1. The summed E-state index contributed by atoms with van der Waals surface area (Å²) in [6.07, 6.45) is 3.46. The van der Waals surface area contributed by atoms with Gasteiger partial charge in [0.15, 0.2) is 0 Å². The van der Waals surface area contributed by atoms with Gasteiger partial charge in [-0.3, -0.25) is 9.59 Å². The molecule has 1 heterocycles. The minimum Gasteiger partial charge on any atom is -0.507 e. The Hall–Kier alpha value is -4.31. The molecule has 1 aromatic heterocycles. The van der Waals surface area contributed by atoms with Gasteiger partial charge in [-0.2, -0.15) is 5.10 Å². The third kappa shape index (κ3) is 5.84. The quantitative estimate of drug-likeness (QED) is 0.277. The molecule has 0 saturated heterocycles. The number of carbonyl (C=O) groups excluding carboxylic acids is 2. The van der Waals surface area contributed by atoms with Gasteiger partial charge in [0, 0.05) is 40.1 Å². The van der Waals surface area contributed by atoms with E-state index in [0.29, 0.717) is 22.7 Å². The fourth-order valence-corrected chi connectivity index (χ4v) is 3.67. The van der Waals surface area contributed by atoms with E-state index in [-0.39, 0.29) is 17.9 Å². The summed E-state index contributed by atoms with van der Waals surface area (Å²) < 4.78 is 13.1. The Morgan fingerprint density at radius 3 is 2.33 bits per heavy atom. The van der Waals surface area contributed by atoms with Crippen molar-refractivity contribution in [2.75, 3.05) is 19.5 Å². The number of phenols is 1. The molecule has 2 amide bonds. The molecule has 0 aliphatic carbocycles. The molecule has 0 fully saturated rings. The van der Waals surface area contributed by atoms with Gasteiger partial charge in [-0.15, -0.1) is 0 Å². The highest BCUT2D eigenvalue weighted by atomic mass is 79.9. The summed E-state index contributed by atoms with van der Waals surface area (Å²) in [5, 5.41) is 20.1. The lowest BCUT2D eigenvalue weighted by Gasteiger charge is -2.11. The van der Waals surface area contributed by atoms with Crippen LogP contribution in [0.3, 0.4) is 0 Å². The number of carbonyl (C=O) groups is 2. The smallest absolute Gasteiger partial charge is 0.255 e. The third-order valence-corrected chi connectivity index (χ3v) is 5.82. The number of rotatable bonds is 8. The van der Waals surface area contributed by atoms with Crippen molar-refractivity contribution in [2.45, 2.75) is 6.54 Å². The molecule has 0 bridgehead atoms. The summed E-state index contributed by atoms with van der Waals surface area (Å²) in [6.45, 7) is 0.203. The van der Waals surface area contributed by atoms with Crippen LogP contribution in [0, 0.1) is 0 Å². The van der Waals surface area contributed by atoms with Crippen LogP contribution in [-0.4, -0.2) is 40.9 Å². The lowest BCUT2D eigenvalue weighted by atomic mass is 10.1. The second-order valence-corrected chi connectivity index (χ2v) is 8.66. The van der Waals surface area contributed by atoms with Gasteiger partial charge in [0.2, 0.25) is 0 Å². The zero-order chi connectivity index (χ0) is 25.7. The van der Waals surface area contributed by atoms with Crippen LogP contribution in [0.2, 0.25) is 0 Å². The second kappa shape index (κ2) is 11.0. The van der Waals surface area contributed by atoms with Crippen LogP contribution in [0.25, 0.3) is 5.69 Å². The van der Waals surface area contributed by atoms with Gasteiger partial charge in [0.1, 0.15) is 17.2 Å². The summed E-state index contributed by atoms with van der Waals surface area (Å²) in [4.78, 5) is 25.5. The largest absolute Gasteiger partial charge is 0.507 e. The van der Waals surface area contributed by atoms with E-state index < -0.39 is 11.8 Å². The molecule has 3 aromatic carbocycles. The number of aromatic nitrogens is 2. The summed E-state index contributed by atoms with van der Waals surface area (Å²) in [5.41, 5.74) is 2.34. The number of anilines is 1. The van der Waals surface area contributed by atoms with E-state index >= 15 is 0 Å². The number of phenolic OH excluding ortho intramolecular Hbond substituents is 1. The monoisotopic (exact) mass is 550 g/mol. The lowest BCUT2D eigenvalue weighted by molar-refractivity contribution is 0.0947. The molecule has 36 heavy (non-hydrogen) atoms. The Kier molecular flexibility index (Phi) is 7.55. The Morgan fingerprint density at radius 1 is 0.972 bits per heavy atom. The number of nitrogens with zero attached hydrogens (tertiary/aromatic N) is 2. The normalized spacial score (nSPS) is 10.5. The Labute approximate surface area is 215 Å². The maximum Gasteiger partial charge on any atom is 0.255 e. The van der Waals surface area contributed by atoms with Crippen LogP contribution in [0.4, 0.5) is 5.69 Å². The SMILES string of the molecule is COc1cc(OC)cc(C(=O)Nc2ccc(O)c(C(=O)NCc3cnn(-c4ccc(Br)cc4)c3)c2)c1. The highest BCUT2D eigenvalue weighted by Crippen LogP contribution is 2.25. The van der Waals surface area contributed by atoms with E-state index in [4.69, 9.17) is 9.47 Å². The standard InChI is InChI=1S/C26H23BrN4O5/c1-35-21-9-17(10-22(12-21)36-2)25(33)30-19-5-8-24(32)23(11-19)26(34)28-13-16-14-29-31(15-16)20-6-3-18(27)4-7-20/h3-12,14-15,32H,13H2,1-2H3,(H,28,34)(H,30,33). The van der Waals surface area contributed by atoms with Crippen LogP contribution in [-0.2, 0) is 6.54 Å². The first-order chi connectivity index (χ1) is 17.4. The summed E-state index contributed by atoms with van der Waals surface area (Å²) >= 11 is 3.40. The van der Waals surface area contributed by atoms with Crippen molar-refractivity contribution in [3.8, 4) is 22.9 Å². The van der Waals surface area contributed by atoms with Crippen molar-refractivity contribution in [3.05, 3.63) is 94.2 Å². The summed E-state index contributed by atoms with van der Waals surface area (Å²) in [7, 11) is 2.99. The van der Waals surface area contributed by atoms with E-state index in [1.165, 1.54) is 32.4 Å². The number of benzene rings is 3. The average Bonchev–Trinajstić information content (AvgIpc) is 3.37. The molecule has 4 rings (SSSR count). The van der Waals surface area contributed by atoms with Crippen LogP contribution in [0.1, 0.15) is 26.3 Å². The van der Waals surface area contributed by atoms with E-state index in [2.05, 4.69) is 31.7 Å². The third-order valence-electron chi connectivity index (χ3n) is 5.29. The molecule has 4 aromatic rings. The zero-order valence-electron chi connectivity index (χ0n) is 19.5. The molecule has 0 unspecified atom stereocenters. The maximum atomic E-state index is 12.8. The molecular weight excluding hydrogens is 528 g/mol. The van der Waals surface area contributed by atoms with Crippen LogP contribution in [0.5, 0.6) is 17.2 Å². The van der Waals surface area contributed by atoms with Crippen molar-refractivity contribution >= 4 is 33.4 Å². The molecule has 0 atom stereocenters. The number of aromatic hydroxyl groups is 1. The van der Waals surface area contributed by atoms with Crippen molar-refractivity contribution in [1.29, 1.82) is 0 Å². The first-order valence-corrected chi connectivity index (χ1v) is 11.6. The molecule has 0 saturated carbocycles. The minimum absolute atomic E-state index is 0.0244. The maximum absolute atomic E-state index is 12.8. The molecule has 184 valence electrons. The summed E-state index contributed by atoms with van der Waals surface area (Å²) in [5.74, 6) is -0.200. The minimum atomic E-state index is -0.497. The van der Waals surface area contributed by atoms with Gasteiger partial charge in [-0.05, 0) is 54.6 Å². The number of hydrogen-bond acceptors (Lipinski definition) is 6. The first kappa shape index (κ1) is 24.8. The van der Waals surface area contributed by atoms with Crippen molar-refractivity contribution in [3.63, 3.8) is 0 Å². The van der Waals surface area contributed by atoms with Crippen LogP contribution < -0.4 is 20.1 Å². The van der Waals surface area contributed by atoms with Crippen molar-refractivity contribution in [1.82, 2.24) is 15.1 Å². The van der Waals surface area contributed by atoms with Crippen molar-refractivity contribution in [2.24, 2.45) is 0 Å². The number of ether oxygens (including phenoxy) is 2. The number of amides is 2.